The zero-order valence-electron chi connectivity index (χ0n) is 11.6. The summed E-state index contributed by atoms with van der Waals surface area (Å²) < 4.78 is 11.4. The quantitative estimate of drug-likeness (QED) is 0.906. The number of fused-ring (bicyclic) bond motifs is 1. The van der Waals surface area contributed by atoms with Gasteiger partial charge < -0.3 is 14.6 Å². The fraction of sp³-hybridized carbons (Fsp3) is 0.333. The molecular formula is C15H16ClNO3S. The first-order chi connectivity index (χ1) is 10.2. The van der Waals surface area contributed by atoms with E-state index in [9.17, 15) is 5.11 Å². The number of benzene rings is 1. The van der Waals surface area contributed by atoms with Crippen molar-refractivity contribution in [1.29, 1.82) is 0 Å². The molecule has 0 saturated heterocycles. The number of ether oxygens (including phenoxy) is 2. The molecule has 2 heterocycles. The predicted molar refractivity (Wildman–Crippen MR) is 83.3 cm³/mol. The molecule has 112 valence electrons. The Labute approximate surface area is 132 Å². The van der Waals surface area contributed by atoms with E-state index in [2.05, 4.69) is 11.8 Å². The number of phenols is 1. The molecule has 4 nitrogen and oxygen atoms in total. The molecule has 0 bridgehead atoms. The van der Waals surface area contributed by atoms with E-state index in [1.165, 1.54) is 4.88 Å². The van der Waals surface area contributed by atoms with Crippen LogP contribution in [0.3, 0.4) is 0 Å². The summed E-state index contributed by atoms with van der Waals surface area (Å²) in [6.07, 6.45) is 0. The van der Waals surface area contributed by atoms with Gasteiger partial charge in [0.05, 0.1) is 4.34 Å². The van der Waals surface area contributed by atoms with Crippen LogP contribution in [0.4, 0.5) is 0 Å². The van der Waals surface area contributed by atoms with E-state index in [1.54, 1.807) is 17.4 Å². The molecule has 0 saturated carbocycles. The summed E-state index contributed by atoms with van der Waals surface area (Å²) >= 11 is 7.55. The molecule has 21 heavy (non-hydrogen) atoms. The van der Waals surface area contributed by atoms with Gasteiger partial charge in [0.15, 0.2) is 11.5 Å². The van der Waals surface area contributed by atoms with Crippen LogP contribution in [0.25, 0.3) is 0 Å². The number of thiophene rings is 1. The minimum absolute atomic E-state index is 0.212. The topological polar surface area (TPSA) is 41.9 Å². The Morgan fingerprint density at radius 1 is 1.24 bits per heavy atom. The predicted octanol–water partition coefficient (Wildman–Crippen LogP) is 3.86. The smallest absolute Gasteiger partial charge is 0.231 e. The van der Waals surface area contributed by atoms with Crippen LogP contribution >= 0.6 is 22.9 Å². The minimum Gasteiger partial charge on any atom is -0.507 e. The van der Waals surface area contributed by atoms with Gasteiger partial charge in [0, 0.05) is 29.6 Å². The summed E-state index contributed by atoms with van der Waals surface area (Å²) in [6.45, 7) is 4.64. The molecule has 0 spiro atoms. The summed E-state index contributed by atoms with van der Waals surface area (Å²) in [4.78, 5) is 3.45. The Hall–Kier alpha value is -1.43. The fourth-order valence-corrected chi connectivity index (χ4v) is 3.41. The lowest BCUT2D eigenvalue weighted by Gasteiger charge is -2.20. The molecule has 3 rings (SSSR count). The zero-order chi connectivity index (χ0) is 14.8. The van der Waals surface area contributed by atoms with E-state index < -0.39 is 0 Å². The van der Waals surface area contributed by atoms with Gasteiger partial charge in [-0.1, -0.05) is 18.5 Å². The molecule has 0 aliphatic carbocycles. The van der Waals surface area contributed by atoms with Crippen LogP contribution in [0.5, 0.6) is 17.2 Å². The number of halogens is 1. The van der Waals surface area contributed by atoms with Crippen molar-refractivity contribution in [1.82, 2.24) is 4.90 Å². The first-order valence-electron chi connectivity index (χ1n) is 6.73. The maximum absolute atomic E-state index is 10.1. The number of rotatable bonds is 5. The van der Waals surface area contributed by atoms with Gasteiger partial charge >= 0.3 is 0 Å². The second-order valence-electron chi connectivity index (χ2n) is 4.84. The van der Waals surface area contributed by atoms with E-state index >= 15 is 0 Å². The standard InChI is InChI=1S/C15H16ClNO3S/c1-2-17(8-11-3-4-15(16)21-11)7-10-5-13-14(6-12(10)18)20-9-19-13/h3-6,18H,2,7-9H2,1H3. The number of nitrogens with zero attached hydrogens (tertiary/aromatic N) is 1. The van der Waals surface area contributed by atoms with Crippen LogP contribution in [0.1, 0.15) is 17.4 Å². The molecule has 1 aliphatic rings. The molecule has 1 aliphatic heterocycles. The van der Waals surface area contributed by atoms with Crippen molar-refractivity contribution >= 4 is 22.9 Å². The highest BCUT2D eigenvalue weighted by Crippen LogP contribution is 2.38. The molecule has 2 aromatic rings. The fourth-order valence-electron chi connectivity index (χ4n) is 2.28. The summed E-state index contributed by atoms with van der Waals surface area (Å²) in [7, 11) is 0. The molecule has 1 aromatic carbocycles. The van der Waals surface area contributed by atoms with Gasteiger partial charge in [-0.15, -0.1) is 11.3 Å². The molecule has 1 N–H and O–H groups in total. The minimum atomic E-state index is 0.212. The van der Waals surface area contributed by atoms with Gasteiger partial charge in [0.25, 0.3) is 0 Å². The van der Waals surface area contributed by atoms with E-state index in [1.807, 2.05) is 18.2 Å². The molecular weight excluding hydrogens is 310 g/mol. The largest absolute Gasteiger partial charge is 0.507 e. The van der Waals surface area contributed by atoms with Crippen molar-refractivity contribution in [2.75, 3.05) is 13.3 Å². The van der Waals surface area contributed by atoms with Crippen LogP contribution in [0.2, 0.25) is 4.34 Å². The maximum Gasteiger partial charge on any atom is 0.231 e. The van der Waals surface area contributed by atoms with Crippen molar-refractivity contribution in [2.24, 2.45) is 0 Å². The highest BCUT2D eigenvalue weighted by Gasteiger charge is 2.18. The van der Waals surface area contributed by atoms with E-state index in [0.29, 0.717) is 18.0 Å². The highest BCUT2D eigenvalue weighted by atomic mass is 35.5. The molecule has 0 radical (unpaired) electrons. The first kappa shape index (κ1) is 14.5. The van der Waals surface area contributed by atoms with Crippen LogP contribution in [-0.4, -0.2) is 23.3 Å². The second kappa shape index (κ2) is 6.13. The average Bonchev–Trinajstić information content (AvgIpc) is 3.07. The lowest BCUT2D eigenvalue weighted by molar-refractivity contribution is 0.174. The lowest BCUT2D eigenvalue weighted by Crippen LogP contribution is -2.21. The van der Waals surface area contributed by atoms with Gasteiger partial charge in [0.2, 0.25) is 6.79 Å². The summed E-state index contributed by atoms with van der Waals surface area (Å²) in [6, 6.07) is 7.41. The Morgan fingerprint density at radius 3 is 2.67 bits per heavy atom. The third kappa shape index (κ3) is 3.26. The van der Waals surface area contributed by atoms with Gasteiger partial charge in [-0.05, 0) is 24.7 Å². The Balaban J connectivity index is 1.74. The second-order valence-corrected chi connectivity index (χ2v) is 6.64. The van der Waals surface area contributed by atoms with E-state index in [4.69, 9.17) is 21.1 Å². The maximum atomic E-state index is 10.1. The van der Waals surface area contributed by atoms with E-state index in [0.717, 1.165) is 23.0 Å². The summed E-state index contributed by atoms with van der Waals surface area (Å²) in [5.74, 6) is 1.53. The molecule has 6 heteroatoms. The molecule has 1 aromatic heterocycles. The molecule has 0 amide bonds. The lowest BCUT2D eigenvalue weighted by atomic mass is 10.1. The number of phenolic OH excluding ortho intramolecular Hbond substituents is 1. The number of aromatic hydroxyl groups is 1. The van der Waals surface area contributed by atoms with Crippen LogP contribution < -0.4 is 9.47 Å². The SMILES string of the molecule is CCN(Cc1ccc(Cl)s1)Cc1cc2c(cc1O)OCO2. The van der Waals surface area contributed by atoms with Gasteiger partial charge in [-0.2, -0.15) is 0 Å². The summed E-state index contributed by atoms with van der Waals surface area (Å²) in [5, 5.41) is 10.1. The van der Waals surface area contributed by atoms with Crippen molar-refractivity contribution in [3.05, 3.63) is 39.0 Å². The number of hydrogen-bond donors (Lipinski definition) is 1. The third-order valence-corrected chi connectivity index (χ3v) is 4.64. The normalized spacial score (nSPS) is 13.1. The van der Waals surface area contributed by atoms with Gasteiger partial charge in [-0.25, -0.2) is 0 Å². The van der Waals surface area contributed by atoms with Gasteiger partial charge in [0.1, 0.15) is 5.75 Å². The Morgan fingerprint density at radius 2 is 2.00 bits per heavy atom. The van der Waals surface area contributed by atoms with Gasteiger partial charge in [-0.3, -0.25) is 4.90 Å². The zero-order valence-corrected chi connectivity index (χ0v) is 13.2. The highest BCUT2D eigenvalue weighted by molar-refractivity contribution is 7.16. The van der Waals surface area contributed by atoms with Crippen molar-refractivity contribution in [2.45, 2.75) is 20.0 Å². The first-order valence-corrected chi connectivity index (χ1v) is 7.93. The molecule has 0 fully saturated rings. The third-order valence-electron chi connectivity index (χ3n) is 3.42. The van der Waals surface area contributed by atoms with Crippen molar-refractivity contribution < 1.29 is 14.6 Å². The van der Waals surface area contributed by atoms with E-state index in [-0.39, 0.29) is 12.5 Å². The van der Waals surface area contributed by atoms with Crippen LogP contribution in [0, 0.1) is 0 Å². The van der Waals surface area contributed by atoms with Crippen LogP contribution in [-0.2, 0) is 13.1 Å². The monoisotopic (exact) mass is 325 g/mol. The number of hydrogen-bond acceptors (Lipinski definition) is 5. The van der Waals surface area contributed by atoms with Crippen molar-refractivity contribution in [3.8, 4) is 17.2 Å². The molecule has 0 unspecified atom stereocenters. The average molecular weight is 326 g/mol. The molecule has 0 atom stereocenters. The Bertz CT molecular complexity index is 644. The van der Waals surface area contributed by atoms with Crippen LogP contribution in [0.15, 0.2) is 24.3 Å². The van der Waals surface area contributed by atoms with Crippen molar-refractivity contribution in [3.63, 3.8) is 0 Å². The Kier molecular flexibility index (Phi) is 4.24. The summed E-state index contributed by atoms with van der Waals surface area (Å²) in [5.41, 5.74) is 0.837.